The molecule has 0 bridgehead atoms. The van der Waals surface area contributed by atoms with Crippen molar-refractivity contribution >= 4 is 90.7 Å². The Kier molecular flexibility index (Phi) is 29.0. The van der Waals surface area contributed by atoms with E-state index in [2.05, 4.69) is 27.7 Å². The van der Waals surface area contributed by atoms with Gasteiger partial charge in [0.2, 0.25) is 0 Å². The van der Waals surface area contributed by atoms with Gasteiger partial charge in [-0.1, -0.05) is 205 Å². The largest absolute Gasteiger partial charge is 2.00 e. The van der Waals surface area contributed by atoms with E-state index in [1.165, 1.54) is 103 Å². The van der Waals surface area contributed by atoms with Gasteiger partial charge in [-0.05, 0) is 107 Å². The molecule has 0 aliphatic rings. The zero-order valence-electron chi connectivity index (χ0n) is 38.5. The van der Waals surface area contributed by atoms with E-state index in [-0.39, 0.29) is 58.7 Å². The Morgan fingerprint density at radius 3 is 0.934 bits per heavy atom. The van der Waals surface area contributed by atoms with Crippen molar-refractivity contribution < 1.29 is 25.9 Å². The van der Waals surface area contributed by atoms with Gasteiger partial charge in [0.1, 0.15) is 20.2 Å². The minimum Gasteiger partial charge on any atom is -0.744 e. The number of hydrogen-bond donors (Lipinski definition) is 0. The van der Waals surface area contributed by atoms with Crippen LogP contribution in [0.2, 0.25) is 0 Å². The third-order valence-corrected chi connectivity index (χ3v) is 14.0. The molecule has 0 atom stereocenters. The summed E-state index contributed by atoms with van der Waals surface area (Å²) in [5.74, 6) is 0. The molecule has 4 aromatic carbocycles. The van der Waals surface area contributed by atoms with Gasteiger partial charge in [-0.15, -0.1) is 0 Å². The number of hydrogen-bond acceptors (Lipinski definition) is 6. The van der Waals surface area contributed by atoms with Crippen molar-refractivity contribution in [1.29, 1.82) is 0 Å². The Balaban J connectivity index is 0.000000413. The molecule has 0 aromatic heterocycles. The molecule has 0 unspecified atom stereocenters. The average Bonchev–Trinajstić information content (AvgIpc) is 3.22. The molecule has 0 fully saturated rings. The molecular weight excluding hydrogens is 922 g/mol. The Morgan fingerprint density at radius 2 is 0.639 bits per heavy atom. The van der Waals surface area contributed by atoms with Crippen LogP contribution in [0.1, 0.15) is 204 Å². The maximum atomic E-state index is 12.3. The number of rotatable bonds is 30. The summed E-state index contributed by atoms with van der Waals surface area (Å²) in [6, 6.07) is 19.7. The van der Waals surface area contributed by atoms with Crippen molar-refractivity contribution in [1.82, 2.24) is 0 Å². The van der Waals surface area contributed by atoms with Crippen LogP contribution in [0, 0.1) is 0 Å². The number of aryl methyl sites for hydroxylation is 4. The molecule has 4 aromatic rings. The second-order valence-corrected chi connectivity index (χ2v) is 19.7. The number of benzene rings is 4. The first-order valence-electron chi connectivity index (χ1n) is 24.0. The van der Waals surface area contributed by atoms with E-state index in [1.54, 1.807) is 0 Å². The molecule has 61 heavy (non-hydrogen) atoms. The van der Waals surface area contributed by atoms with Crippen molar-refractivity contribution in [2.24, 2.45) is 0 Å². The molecule has 0 saturated carbocycles. The van der Waals surface area contributed by atoms with Crippen LogP contribution < -0.4 is 0 Å². The molecule has 0 saturated heterocycles. The average molecular weight is 1000 g/mol. The van der Waals surface area contributed by atoms with Crippen LogP contribution in [0.25, 0.3) is 21.5 Å². The molecule has 0 amide bonds. The maximum absolute atomic E-state index is 12.3. The predicted molar refractivity (Wildman–Crippen MR) is 258 cm³/mol. The molecule has 0 radical (unpaired) electrons. The minimum atomic E-state index is -4.51. The predicted octanol–water partition coefficient (Wildman–Crippen LogP) is 14.7. The summed E-state index contributed by atoms with van der Waals surface area (Å²) in [5.41, 5.74) is 2.94. The molecule has 9 heteroatoms. The Labute approximate surface area is 412 Å². The molecule has 6 nitrogen and oxygen atoms in total. The zero-order valence-corrected chi connectivity index (χ0v) is 44.6. The van der Waals surface area contributed by atoms with Crippen molar-refractivity contribution in [3.05, 3.63) is 82.9 Å². The van der Waals surface area contributed by atoms with Gasteiger partial charge in [0.05, 0.1) is 9.79 Å². The van der Waals surface area contributed by atoms with Crippen LogP contribution in [-0.2, 0) is 45.9 Å². The van der Waals surface area contributed by atoms with E-state index < -0.39 is 20.2 Å². The van der Waals surface area contributed by atoms with Gasteiger partial charge in [0, 0.05) is 0 Å². The monoisotopic (exact) mass is 1000 g/mol. The molecule has 0 spiro atoms. The topological polar surface area (TPSA) is 114 Å². The van der Waals surface area contributed by atoms with E-state index in [9.17, 15) is 25.9 Å². The number of fused-ring (bicyclic) bond motifs is 2. The van der Waals surface area contributed by atoms with E-state index in [4.69, 9.17) is 0 Å². The summed E-state index contributed by atoms with van der Waals surface area (Å²) in [6.45, 7) is 8.80. The second kappa shape index (κ2) is 31.6. The van der Waals surface area contributed by atoms with Gasteiger partial charge in [0.15, 0.2) is 0 Å². The summed E-state index contributed by atoms with van der Waals surface area (Å²) in [7, 11) is -9.02. The van der Waals surface area contributed by atoms with Crippen molar-refractivity contribution in [3.63, 3.8) is 0 Å². The fraction of sp³-hybridized carbons (Fsp3) is 0.615. The summed E-state index contributed by atoms with van der Waals surface area (Å²) in [6.07, 6.45) is 30.1. The summed E-state index contributed by atoms with van der Waals surface area (Å²) < 4.78 is 73.9. The Bertz CT molecular complexity index is 1900. The van der Waals surface area contributed by atoms with E-state index in [0.29, 0.717) is 25.7 Å². The van der Waals surface area contributed by atoms with Crippen molar-refractivity contribution in [3.8, 4) is 0 Å². The zero-order chi connectivity index (χ0) is 43.6. The van der Waals surface area contributed by atoms with Gasteiger partial charge in [-0.3, -0.25) is 0 Å². The summed E-state index contributed by atoms with van der Waals surface area (Å²) in [5, 5.41) is 3.94. The van der Waals surface area contributed by atoms with Gasteiger partial charge in [-0.2, -0.15) is 0 Å². The van der Waals surface area contributed by atoms with Gasteiger partial charge in [-0.25, -0.2) is 16.8 Å². The van der Waals surface area contributed by atoms with Crippen molar-refractivity contribution in [2.45, 2.75) is 217 Å². The van der Waals surface area contributed by atoms with E-state index in [1.807, 2.05) is 60.7 Å². The molecule has 0 heterocycles. The Hall–Kier alpha value is -1.21. The minimum absolute atomic E-state index is 0. The third kappa shape index (κ3) is 20.2. The van der Waals surface area contributed by atoms with Crippen LogP contribution in [0.15, 0.2) is 70.5 Å². The van der Waals surface area contributed by atoms with Crippen LogP contribution in [0.3, 0.4) is 0 Å². The van der Waals surface area contributed by atoms with Gasteiger partial charge < -0.3 is 9.11 Å². The summed E-state index contributed by atoms with van der Waals surface area (Å²) in [4.78, 5) is 0.145. The molecule has 4 rings (SSSR count). The van der Waals surface area contributed by atoms with Crippen LogP contribution >= 0.6 is 0 Å². The molecule has 0 N–H and O–H groups in total. The standard InChI is InChI=1S/2C26H40O3S.Ba/c2*1-3-5-7-9-11-13-18-23-21-22-17-15-16-19-24(22)25(26(23)30(27,28)29)20-14-12-10-8-6-4-2;/h2*15-17,19,21H,3-14,18,20H2,1-2H3,(H,27,28,29);/q;;+2/p-2. The van der Waals surface area contributed by atoms with Crippen LogP contribution in [0.4, 0.5) is 0 Å². The van der Waals surface area contributed by atoms with E-state index in [0.717, 1.165) is 95.2 Å². The first kappa shape index (κ1) is 55.9. The molecular formula is C52H78BaO6S2. The first-order valence-corrected chi connectivity index (χ1v) is 26.8. The van der Waals surface area contributed by atoms with Gasteiger partial charge in [0.25, 0.3) is 0 Å². The number of unbranched alkanes of at least 4 members (excludes halogenated alkanes) is 20. The fourth-order valence-electron chi connectivity index (χ4n) is 8.78. The second-order valence-electron chi connectivity index (χ2n) is 17.1. The third-order valence-electron chi connectivity index (χ3n) is 12.0. The fourth-order valence-corrected chi connectivity index (χ4v) is 10.8. The summed E-state index contributed by atoms with van der Waals surface area (Å²) >= 11 is 0. The van der Waals surface area contributed by atoms with Crippen LogP contribution in [0.5, 0.6) is 0 Å². The van der Waals surface area contributed by atoms with Gasteiger partial charge >= 0.3 is 48.9 Å². The van der Waals surface area contributed by atoms with Crippen molar-refractivity contribution in [2.75, 3.05) is 0 Å². The smallest absolute Gasteiger partial charge is 0.744 e. The quantitative estimate of drug-likeness (QED) is 0.0292. The van der Waals surface area contributed by atoms with Crippen LogP contribution in [-0.4, -0.2) is 74.8 Å². The Morgan fingerprint density at radius 1 is 0.377 bits per heavy atom. The molecule has 0 aliphatic carbocycles. The normalized spacial score (nSPS) is 11.8. The maximum Gasteiger partial charge on any atom is 2.00 e. The molecule has 336 valence electrons. The SMILES string of the molecule is CCCCCCCCc1cc2ccccc2c(CCCCCCCC)c1S(=O)(=O)[O-].CCCCCCCCc1cc2ccccc2c(CCCCCCCC)c1S(=O)(=O)[O-].[Ba+2]. The first-order chi connectivity index (χ1) is 29.0. The van der Waals surface area contributed by atoms with E-state index >= 15 is 0 Å². The molecule has 0 aliphatic heterocycles.